The molecule has 0 saturated carbocycles. The number of hydrogen-bond acceptors (Lipinski definition) is 6. The molecule has 0 fully saturated rings. The molecule has 1 aliphatic rings. The van der Waals surface area contributed by atoms with Crippen molar-refractivity contribution in [2.45, 2.75) is 6.54 Å². The van der Waals surface area contributed by atoms with E-state index in [1.807, 2.05) is 42.5 Å². The Morgan fingerprint density at radius 1 is 1.11 bits per heavy atom. The van der Waals surface area contributed by atoms with E-state index in [-0.39, 0.29) is 0 Å². The number of nitrogens with zero attached hydrogens (tertiary/aromatic N) is 6. The minimum Gasteiger partial charge on any atom is -0.442 e. The summed E-state index contributed by atoms with van der Waals surface area (Å²) in [4.78, 5) is 13.2. The molecule has 7 nitrogen and oxygen atoms in total. The van der Waals surface area contributed by atoms with Gasteiger partial charge in [0.05, 0.1) is 17.2 Å². The standard InChI is InChI=1S/C19H13ClN6O/c20-14-5-6-15-16(9-14)26(18(24-15)19-21-7-8-27-19)10-12-1-3-13(4-2-12)17-22-11-23-25-17/h1-9H,10-11H2. The van der Waals surface area contributed by atoms with Crippen molar-refractivity contribution in [3.63, 3.8) is 0 Å². The smallest absolute Gasteiger partial charge is 0.263 e. The van der Waals surface area contributed by atoms with Gasteiger partial charge in [-0.2, -0.15) is 5.11 Å². The van der Waals surface area contributed by atoms with Crippen LogP contribution in [0.2, 0.25) is 5.02 Å². The SMILES string of the molecule is Clc1ccc2nc(-c3ncco3)n(Cc3ccc(C4=NCN=N4)cc3)c2c1. The van der Waals surface area contributed by atoms with Crippen molar-refractivity contribution in [2.24, 2.45) is 15.2 Å². The Morgan fingerprint density at radius 2 is 2.00 bits per heavy atom. The average molecular weight is 377 g/mol. The van der Waals surface area contributed by atoms with E-state index in [0.717, 1.165) is 22.2 Å². The van der Waals surface area contributed by atoms with E-state index in [4.69, 9.17) is 16.0 Å². The Labute approximate surface area is 159 Å². The lowest BCUT2D eigenvalue weighted by molar-refractivity contribution is 0.564. The van der Waals surface area contributed by atoms with Crippen LogP contribution < -0.4 is 0 Å². The number of amidine groups is 1. The van der Waals surface area contributed by atoms with E-state index >= 15 is 0 Å². The zero-order chi connectivity index (χ0) is 18.2. The molecule has 132 valence electrons. The van der Waals surface area contributed by atoms with Crippen LogP contribution in [0, 0.1) is 0 Å². The quantitative estimate of drug-likeness (QED) is 0.523. The molecule has 4 aromatic rings. The van der Waals surface area contributed by atoms with Gasteiger partial charge in [0, 0.05) is 17.1 Å². The molecular weight excluding hydrogens is 364 g/mol. The Morgan fingerprint density at radius 3 is 2.74 bits per heavy atom. The van der Waals surface area contributed by atoms with Crippen LogP contribution in [0.1, 0.15) is 11.1 Å². The number of oxazole rings is 1. The molecule has 0 saturated heterocycles. The number of aromatic nitrogens is 3. The molecule has 0 bridgehead atoms. The molecule has 5 rings (SSSR count). The molecule has 0 spiro atoms. The molecule has 1 aliphatic heterocycles. The molecule has 0 amide bonds. The third-order valence-electron chi connectivity index (χ3n) is 4.34. The second-order valence-corrected chi connectivity index (χ2v) is 6.49. The maximum Gasteiger partial charge on any atom is 0.263 e. The number of fused-ring (bicyclic) bond motifs is 1. The summed E-state index contributed by atoms with van der Waals surface area (Å²) in [6.45, 7) is 1.00. The lowest BCUT2D eigenvalue weighted by Gasteiger charge is -2.08. The zero-order valence-corrected chi connectivity index (χ0v) is 14.8. The second-order valence-electron chi connectivity index (χ2n) is 6.05. The van der Waals surface area contributed by atoms with E-state index in [2.05, 4.69) is 29.8 Å². The number of imidazole rings is 1. The monoisotopic (exact) mass is 376 g/mol. The number of halogens is 1. The largest absolute Gasteiger partial charge is 0.442 e. The van der Waals surface area contributed by atoms with Crippen molar-refractivity contribution in [3.8, 4) is 11.7 Å². The van der Waals surface area contributed by atoms with Gasteiger partial charge >= 0.3 is 0 Å². The Bertz CT molecular complexity index is 1180. The molecule has 27 heavy (non-hydrogen) atoms. The van der Waals surface area contributed by atoms with Crippen LogP contribution in [0.4, 0.5) is 0 Å². The Kier molecular flexibility index (Phi) is 3.79. The van der Waals surface area contributed by atoms with Gasteiger partial charge in [0.15, 0.2) is 18.3 Å². The van der Waals surface area contributed by atoms with Gasteiger partial charge in [-0.15, -0.1) is 5.11 Å². The fraction of sp³-hybridized carbons (Fsp3) is 0.105. The predicted molar refractivity (Wildman–Crippen MR) is 102 cm³/mol. The van der Waals surface area contributed by atoms with Gasteiger partial charge in [0.2, 0.25) is 0 Å². The first kappa shape index (κ1) is 15.9. The zero-order valence-electron chi connectivity index (χ0n) is 14.1. The number of benzene rings is 2. The summed E-state index contributed by atoms with van der Waals surface area (Å²) in [5, 5.41) is 8.58. The van der Waals surface area contributed by atoms with Crippen LogP contribution in [-0.4, -0.2) is 27.0 Å². The predicted octanol–water partition coefficient (Wildman–Crippen LogP) is 4.56. The van der Waals surface area contributed by atoms with Gasteiger partial charge in [-0.1, -0.05) is 35.9 Å². The number of rotatable bonds is 4. The fourth-order valence-electron chi connectivity index (χ4n) is 3.07. The summed E-state index contributed by atoms with van der Waals surface area (Å²) >= 11 is 6.21. The van der Waals surface area contributed by atoms with Crippen molar-refractivity contribution < 1.29 is 4.42 Å². The van der Waals surface area contributed by atoms with Crippen LogP contribution in [0.3, 0.4) is 0 Å². The van der Waals surface area contributed by atoms with Crippen molar-refractivity contribution in [1.82, 2.24) is 14.5 Å². The lowest BCUT2D eigenvalue weighted by Crippen LogP contribution is -2.03. The van der Waals surface area contributed by atoms with Crippen LogP contribution in [0.25, 0.3) is 22.7 Å². The Balaban J connectivity index is 1.56. The molecule has 2 aromatic heterocycles. The lowest BCUT2D eigenvalue weighted by atomic mass is 10.1. The summed E-state index contributed by atoms with van der Waals surface area (Å²) in [6, 6.07) is 13.7. The van der Waals surface area contributed by atoms with Gasteiger partial charge in [0.25, 0.3) is 5.89 Å². The summed E-state index contributed by atoms with van der Waals surface area (Å²) in [5.74, 6) is 1.80. The molecule has 2 aromatic carbocycles. The second kappa shape index (κ2) is 6.44. The third-order valence-corrected chi connectivity index (χ3v) is 4.57. The molecular formula is C19H13ClN6O. The van der Waals surface area contributed by atoms with Crippen molar-refractivity contribution in [1.29, 1.82) is 0 Å². The van der Waals surface area contributed by atoms with Crippen LogP contribution >= 0.6 is 11.6 Å². The first-order valence-electron chi connectivity index (χ1n) is 8.35. The van der Waals surface area contributed by atoms with Crippen LogP contribution in [0.5, 0.6) is 0 Å². The van der Waals surface area contributed by atoms with Crippen molar-refractivity contribution in [2.75, 3.05) is 6.67 Å². The van der Waals surface area contributed by atoms with E-state index in [1.165, 1.54) is 6.26 Å². The number of aliphatic imine (C=N–C) groups is 1. The third kappa shape index (κ3) is 2.92. The van der Waals surface area contributed by atoms with Gasteiger partial charge in [-0.05, 0) is 23.8 Å². The topological polar surface area (TPSA) is 80.9 Å². The van der Waals surface area contributed by atoms with Crippen LogP contribution in [0.15, 0.2) is 74.6 Å². The van der Waals surface area contributed by atoms with Crippen molar-refractivity contribution in [3.05, 3.63) is 71.1 Å². The first-order chi connectivity index (χ1) is 13.3. The van der Waals surface area contributed by atoms with Gasteiger partial charge in [0.1, 0.15) is 6.26 Å². The molecule has 0 atom stereocenters. The maximum absolute atomic E-state index is 6.21. The molecule has 0 N–H and O–H groups in total. The average Bonchev–Trinajstić information content (AvgIpc) is 3.44. The minimum absolute atomic E-state index is 0.401. The molecule has 0 unspecified atom stereocenters. The highest BCUT2D eigenvalue weighted by atomic mass is 35.5. The fourth-order valence-corrected chi connectivity index (χ4v) is 3.24. The van der Waals surface area contributed by atoms with E-state index in [9.17, 15) is 0 Å². The number of azo groups is 1. The highest BCUT2D eigenvalue weighted by Crippen LogP contribution is 2.27. The molecule has 0 radical (unpaired) electrons. The maximum atomic E-state index is 6.21. The molecule has 0 aliphatic carbocycles. The van der Waals surface area contributed by atoms with E-state index in [1.54, 1.807) is 6.20 Å². The highest BCUT2D eigenvalue weighted by Gasteiger charge is 2.17. The Hall–Kier alpha value is -3.32. The van der Waals surface area contributed by atoms with Crippen LogP contribution in [-0.2, 0) is 6.54 Å². The number of hydrogen-bond donors (Lipinski definition) is 0. The summed E-state index contributed by atoms with van der Waals surface area (Å²) in [5.41, 5.74) is 3.81. The van der Waals surface area contributed by atoms with Gasteiger partial charge in [-0.25, -0.2) is 15.0 Å². The summed E-state index contributed by atoms with van der Waals surface area (Å²) in [7, 11) is 0. The van der Waals surface area contributed by atoms with Gasteiger partial charge in [-0.3, -0.25) is 0 Å². The molecule has 8 heteroatoms. The summed E-state index contributed by atoms with van der Waals surface area (Å²) in [6.07, 6.45) is 3.15. The summed E-state index contributed by atoms with van der Waals surface area (Å²) < 4.78 is 7.53. The van der Waals surface area contributed by atoms with E-state index in [0.29, 0.717) is 35.8 Å². The highest BCUT2D eigenvalue weighted by molar-refractivity contribution is 6.31. The normalized spacial score (nSPS) is 13.4. The van der Waals surface area contributed by atoms with E-state index < -0.39 is 0 Å². The first-order valence-corrected chi connectivity index (χ1v) is 8.73. The van der Waals surface area contributed by atoms with Crippen molar-refractivity contribution >= 4 is 28.5 Å². The molecule has 3 heterocycles. The minimum atomic E-state index is 0.401. The van der Waals surface area contributed by atoms with Gasteiger partial charge < -0.3 is 8.98 Å².